The largest absolute Gasteiger partial charge is 0.437 e. The van der Waals surface area contributed by atoms with Crippen LogP contribution in [0.3, 0.4) is 0 Å². The Morgan fingerprint density at radius 3 is 2.32 bits per heavy atom. The fourth-order valence-corrected chi connectivity index (χ4v) is 1.94. The molecule has 2 aromatic carbocycles. The molecule has 0 amide bonds. The summed E-state index contributed by atoms with van der Waals surface area (Å²) in [4.78, 5) is 0. The summed E-state index contributed by atoms with van der Waals surface area (Å²) in [6.07, 6.45) is 0. The van der Waals surface area contributed by atoms with E-state index in [9.17, 15) is 4.39 Å². The Hall–Kier alpha value is -2.20. The van der Waals surface area contributed by atoms with Crippen LogP contribution in [0.4, 0.5) is 4.39 Å². The summed E-state index contributed by atoms with van der Waals surface area (Å²) >= 11 is 5.97. The fraction of sp³-hybridized carbons (Fsp3) is 0. The Labute approximate surface area is 113 Å². The Kier molecular flexibility index (Phi) is 3.01. The van der Waals surface area contributed by atoms with Crippen molar-refractivity contribution in [1.29, 1.82) is 0 Å². The third-order valence-electron chi connectivity index (χ3n) is 2.64. The van der Waals surface area contributed by atoms with Crippen LogP contribution in [0.2, 0.25) is 5.15 Å². The molecular formula is C14H8ClFN2O. The fourth-order valence-electron chi connectivity index (χ4n) is 1.74. The molecule has 0 aliphatic carbocycles. The van der Waals surface area contributed by atoms with E-state index in [1.54, 1.807) is 0 Å². The molecule has 0 bridgehead atoms. The molecule has 0 fully saturated rings. The van der Waals surface area contributed by atoms with E-state index in [1.165, 1.54) is 24.3 Å². The lowest BCUT2D eigenvalue weighted by Gasteiger charge is -2.07. The second-order valence-electron chi connectivity index (χ2n) is 3.90. The molecule has 0 saturated carbocycles. The highest BCUT2D eigenvalue weighted by Crippen LogP contribution is 2.30. The highest BCUT2D eigenvalue weighted by Gasteiger charge is 2.09. The summed E-state index contributed by atoms with van der Waals surface area (Å²) in [7, 11) is 0. The molecule has 0 unspecified atom stereocenters. The van der Waals surface area contributed by atoms with Gasteiger partial charge >= 0.3 is 0 Å². The van der Waals surface area contributed by atoms with Crippen LogP contribution in [0.5, 0.6) is 11.6 Å². The lowest BCUT2D eigenvalue weighted by Crippen LogP contribution is -1.93. The average Bonchev–Trinajstić information content (AvgIpc) is 2.45. The summed E-state index contributed by atoms with van der Waals surface area (Å²) in [5, 5.41) is 9.60. The van der Waals surface area contributed by atoms with Gasteiger partial charge in [-0.05, 0) is 30.3 Å². The summed E-state index contributed by atoms with van der Waals surface area (Å²) < 4.78 is 18.4. The van der Waals surface area contributed by atoms with Crippen molar-refractivity contribution < 1.29 is 9.13 Å². The van der Waals surface area contributed by atoms with Gasteiger partial charge in [0.1, 0.15) is 11.6 Å². The minimum atomic E-state index is -0.320. The average molecular weight is 275 g/mol. The number of hydrogen-bond acceptors (Lipinski definition) is 3. The van der Waals surface area contributed by atoms with Gasteiger partial charge < -0.3 is 4.74 Å². The molecule has 5 heteroatoms. The van der Waals surface area contributed by atoms with Crippen molar-refractivity contribution in [1.82, 2.24) is 10.2 Å². The van der Waals surface area contributed by atoms with Gasteiger partial charge in [0.25, 0.3) is 0 Å². The Balaban J connectivity index is 2.06. The van der Waals surface area contributed by atoms with Gasteiger partial charge in [-0.2, -0.15) is 0 Å². The smallest absolute Gasteiger partial charge is 0.246 e. The molecule has 0 saturated heterocycles. The van der Waals surface area contributed by atoms with E-state index in [0.29, 0.717) is 16.8 Å². The van der Waals surface area contributed by atoms with Crippen LogP contribution in [0.25, 0.3) is 10.8 Å². The zero-order valence-corrected chi connectivity index (χ0v) is 10.4. The molecule has 0 aliphatic heterocycles. The Bertz CT molecular complexity index is 731. The maximum atomic E-state index is 12.8. The molecule has 94 valence electrons. The van der Waals surface area contributed by atoms with Gasteiger partial charge in [0.15, 0.2) is 5.15 Å². The van der Waals surface area contributed by atoms with Gasteiger partial charge in [-0.3, -0.25) is 0 Å². The first-order valence-electron chi connectivity index (χ1n) is 5.58. The molecule has 0 N–H and O–H groups in total. The van der Waals surface area contributed by atoms with Crippen molar-refractivity contribution in [2.75, 3.05) is 0 Å². The summed E-state index contributed by atoms with van der Waals surface area (Å²) in [5.74, 6) is 0.509. The third kappa shape index (κ3) is 2.35. The second kappa shape index (κ2) is 4.82. The van der Waals surface area contributed by atoms with Crippen LogP contribution in [-0.2, 0) is 0 Å². The van der Waals surface area contributed by atoms with Crippen molar-refractivity contribution in [2.45, 2.75) is 0 Å². The zero-order chi connectivity index (χ0) is 13.2. The summed E-state index contributed by atoms with van der Waals surface area (Å²) in [5.41, 5.74) is 0. The van der Waals surface area contributed by atoms with Crippen LogP contribution in [0.15, 0.2) is 48.5 Å². The zero-order valence-electron chi connectivity index (χ0n) is 9.68. The number of fused-ring (bicyclic) bond motifs is 1. The van der Waals surface area contributed by atoms with Crippen LogP contribution in [0, 0.1) is 5.82 Å². The SMILES string of the molecule is Fc1ccc(Oc2nnc(Cl)c3ccccc23)cc1. The van der Waals surface area contributed by atoms with Crippen molar-refractivity contribution in [3.8, 4) is 11.6 Å². The summed E-state index contributed by atoms with van der Waals surface area (Å²) in [6, 6.07) is 13.1. The van der Waals surface area contributed by atoms with Crippen molar-refractivity contribution in [3.05, 3.63) is 59.5 Å². The van der Waals surface area contributed by atoms with Crippen LogP contribution in [-0.4, -0.2) is 10.2 Å². The second-order valence-corrected chi connectivity index (χ2v) is 4.26. The quantitative estimate of drug-likeness (QED) is 0.702. The van der Waals surface area contributed by atoms with Crippen molar-refractivity contribution >= 4 is 22.4 Å². The normalized spacial score (nSPS) is 10.6. The predicted octanol–water partition coefficient (Wildman–Crippen LogP) is 4.21. The molecule has 1 heterocycles. The number of benzene rings is 2. The lowest BCUT2D eigenvalue weighted by molar-refractivity contribution is 0.460. The molecule has 1 aromatic heterocycles. The van der Waals surface area contributed by atoms with Crippen LogP contribution < -0.4 is 4.74 Å². The van der Waals surface area contributed by atoms with Gasteiger partial charge in [-0.15, -0.1) is 10.2 Å². The van der Waals surface area contributed by atoms with Gasteiger partial charge in [0.2, 0.25) is 5.88 Å². The molecular weight excluding hydrogens is 267 g/mol. The molecule has 19 heavy (non-hydrogen) atoms. The van der Waals surface area contributed by atoms with E-state index in [4.69, 9.17) is 16.3 Å². The number of halogens is 2. The van der Waals surface area contributed by atoms with E-state index in [1.807, 2.05) is 24.3 Å². The molecule has 3 aromatic rings. The highest BCUT2D eigenvalue weighted by atomic mass is 35.5. The predicted molar refractivity (Wildman–Crippen MR) is 71.0 cm³/mol. The maximum Gasteiger partial charge on any atom is 0.246 e. The monoisotopic (exact) mass is 274 g/mol. The third-order valence-corrected chi connectivity index (χ3v) is 2.92. The van der Waals surface area contributed by atoms with E-state index < -0.39 is 0 Å². The number of nitrogens with zero attached hydrogens (tertiary/aromatic N) is 2. The first kappa shape index (κ1) is 11.9. The maximum absolute atomic E-state index is 12.8. The number of hydrogen-bond donors (Lipinski definition) is 0. The van der Waals surface area contributed by atoms with Crippen molar-refractivity contribution in [2.24, 2.45) is 0 Å². The number of rotatable bonds is 2. The first-order chi connectivity index (χ1) is 9.24. The van der Waals surface area contributed by atoms with Gasteiger partial charge in [-0.1, -0.05) is 29.8 Å². The van der Waals surface area contributed by atoms with Crippen molar-refractivity contribution in [3.63, 3.8) is 0 Å². The minimum Gasteiger partial charge on any atom is -0.437 e. The number of aromatic nitrogens is 2. The van der Waals surface area contributed by atoms with E-state index in [0.717, 1.165) is 10.8 Å². The molecule has 3 nitrogen and oxygen atoms in total. The Morgan fingerprint density at radius 2 is 1.58 bits per heavy atom. The molecule has 3 rings (SSSR count). The summed E-state index contributed by atoms with van der Waals surface area (Å²) in [6.45, 7) is 0. The molecule has 0 radical (unpaired) electrons. The van der Waals surface area contributed by atoms with E-state index in [-0.39, 0.29) is 5.82 Å². The number of ether oxygens (including phenoxy) is 1. The van der Waals surface area contributed by atoms with E-state index in [2.05, 4.69) is 10.2 Å². The molecule has 0 spiro atoms. The molecule has 0 aliphatic rings. The first-order valence-corrected chi connectivity index (χ1v) is 5.96. The topological polar surface area (TPSA) is 35.0 Å². The Morgan fingerprint density at radius 1 is 0.895 bits per heavy atom. The lowest BCUT2D eigenvalue weighted by atomic mass is 10.2. The van der Waals surface area contributed by atoms with Gasteiger partial charge in [-0.25, -0.2) is 4.39 Å². The minimum absolute atomic E-state index is 0.320. The van der Waals surface area contributed by atoms with Crippen LogP contribution in [0.1, 0.15) is 0 Å². The molecule has 0 atom stereocenters. The van der Waals surface area contributed by atoms with E-state index >= 15 is 0 Å². The van der Waals surface area contributed by atoms with Gasteiger partial charge in [0.05, 0.1) is 0 Å². The van der Waals surface area contributed by atoms with Gasteiger partial charge in [0, 0.05) is 10.8 Å². The van der Waals surface area contributed by atoms with Crippen LogP contribution >= 0.6 is 11.6 Å². The highest BCUT2D eigenvalue weighted by molar-refractivity contribution is 6.34. The standard InChI is InChI=1S/C14H8ClFN2O/c15-13-11-3-1-2-4-12(11)14(18-17-13)19-10-7-5-9(16)6-8-10/h1-8H.